The highest BCUT2D eigenvalue weighted by atomic mass is 28.3. The molecule has 12 heteroatoms. The van der Waals surface area contributed by atoms with Crippen LogP contribution in [-0.4, -0.2) is 59.7 Å². The SMILES string of the molecule is C[Si](C)(C)CCOCn1c(-c2ccc(C=O)cn2)cc2c(-c3cc(F)cc(N4CCOc5cc(C6CC6)cc(F)c5C4=O)c3O)ccnc21. The van der Waals surface area contributed by atoms with Gasteiger partial charge in [0.25, 0.3) is 5.91 Å². The van der Waals surface area contributed by atoms with Gasteiger partial charge in [0.05, 0.1) is 23.6 Å². The molecular formula is C37H36F2N4O5Si. The number of nitrogens with zero attached hydrogens (tertiary/aromatic N) is 4. The molecule has 1 N–H and O–H groups in total. The van der Waals surface area contributed by atoms with E-state index in [0.29, 0.717) is 40.2 Å². The van der Waals surface area contributed by atoms with Crippen molar-refractivity contribution >= 4 is 37.0 Å². The van der Waals surface area contributed by atoms with E-state index in [1.54, 1.807) is 30.5 Å². The summed E-state index contributed by atoms with van der Waals surface area (Å²) in [5.41, 5.74) is 3.16. The summed E-state index contributed by atoms with van der Waals surface area (Å²) in [6.45, 7) is 7.51. The number of halogens is 2. The van der Waals surface area contributed by atoms with Crippen LogP contribution < -0.4 is 9.64 Å². The van der Waals surface area contributed by atoms with Gasteiger partial charge in [-0.25, -0.2) is 13.8 Å². The van der Waals surface area contributed by atoms with Crippen molar-refractivity contribution < 1.29 is 33.0 Å². The first-order valence-corrected chi connectivity index (χ1v) is 20.0. The molecule has 49 heavy (non-hydrogen) atoms. The Balaban J connectivity index is 1.31. The molecule has 0 saturated heterocycles. The number of aromatic nitrogens is 3. The zero-order valence-electron chi connectivity index (χ0n) is 27.5. The van der Waals surface area contributed by atoms with Crippen molar-refractivity contribution in [2.45, 2.75) is 51.2 Å². The van der Waals surface area contributed by atoms with Crippen LogP contribution >= 0.6 is 0 Å². The largest absolute Gasteiger partial charge is 0.505 e. The molecule has 1 aliphatic heterocycles. The number of anilines is 1. The molecule has 0 atom stereocenters. The number of benzene rings is 2. The van der Waals surface area contributed by atoms with E-state index in [4.69, 9.17) is 9.47 Å². The van der Waals surface area contributed by atoms with Gasteiger partial charge in [-0.3, -0.25) is 19.1 Å². The quantitative estimate of drug-likeness (QED) is 0.0911. The van der Waals surface area contributed by atoms with Gasteiger partial charge >= 0.3 is 0 Å². The predicted molar refractivity (Wildman–Crippen MR) is 185 cm³/mol. The lowest BCUT2D eigenvalue weighted by atomic mass is 10.00. The molecule has 3 aromatic heterocycles. The number of aldehydes is 1. The summed E-state index contributed by atoms with van der Waals surface area (Å²) >= 11 is 0. The van der Waals surface area contributed by atoms with Crippen LogP contribution in [0, 0.1) is 11.6 Å². The summed E-state index contributed by atoms with van der Waals surface area (Å²) in [6.07, 6.45) is 5.67. The van der Waals surface area contributed by atoms with Gasteiger partial charge in [-0.2, -0.15) is 0 Å². The van der Waals surface area contributed by atoms with E-state index in [-0.39, 0.29) is 54.1 Å². The third-order valence-electron chi connectivity index (χ3n) is 8.99. The van der Waals surface area contributed by atoms with Gasteiger partial charge in [0.2, 0.25) is 0 Å². The smallest absolute Gasteiger partial charge is 0.265 e. The lowest BCUT2D eigenvalue weighted by molar-refractivity contribution is 0.0908. The Morgan fingerprint density at radius 3 is 2.59 bits per heavy atom. The van der Waals surface area contributed by atoms with Crippen LogP contribution in [0.4, 0.5) is 14.5 Å². The van der Waals surface area contributed by atoms with E-state index in [2.05, 4.69) is 29.6 Å². The number of amides is 1. The third kappa shape index (κ3) is 6.45. The standard InChI is InChI=1S/C37H36F2N4O5Si/c1-49(2,3)13-12-47-21-43-31(30-7-4-22(20-44)19-41-30)18-28-26(8-9-40-36(28)43)27-16-25(38)17-32(35(27)45)42-10-11-48-33-15-24(23-5-6-23)14-29(39)34(33)37(42)46/h4,7-9,14-20,23,45H,5-6,10-13,21H2,1-3H3. The number of carbonyl (C=O) groups excluding carboxylic acids is 2. The van der Waals surface area contributed by atoms with Crippen LogP contribution in [0.3, 0.4) is 0 Å². The van der Waals surface area contributed by atoms with Crippen LogP contribution in [0.25, 0.3) is 33.5 Å². The summed E-state index contributed by atoms with van der Waals surface area (Å²) in [5.74, 6) is -2.09. The molecule has 7 rings (SSSR count). The molecule has 0 unspecified atom stereocenters. The molecule has 9 nitrogen and oxygen atoms in total. The van der Waals surface area contributed by atoms with Crippen molar-refractivity contribution in [3.63, 3.8) is 0 Å². The maximum Gasteiger partial charge on any atom is 0.265 e. The van der Waals surface area contributed by atoms with Crippen molar-refractivity contribution in [2.75, 3.05) is 24.7 Å². The first-order chi connectivity index (χ1) is 23.5. The Kier molecular flexibility index (Phi) is 8.53. The molecule has 1 aliphatic carbocycles. The van der Waals surface area contributed by atoms with Gasteiger partial charge in [-0.05, 0) is 78.4 Å². The van der Waals surface area contributed by atoms with E-state index in [1.165, 1.54) is 18.3 Å². The fourth-order valence-electron chi connectivity index (χ4n) is 6.17. The Morgan fingerprint density at radius 2 is 1.88 bits per heavy atom. The number of carbonyl (C=O) groups is 2. The summed E-state index contributed by atoms with van der Waals surface area (Å²) < 4.78 is 44.7. The number of phenols is 1. The minimum absolute atomic E-state index is 0.0247. The summed E-state index contributed by atoms with van der Waals surface area (Å²) in [7, 11) is -1.36. The molecule has 252 valence electrons. The molecule has 0 spiro atoms. The minimum atomic E-state index is -1.36. The van der Waals surface area contributed by atoms with Gasteiger partial charge in [-0.15, -0.1) is 0 Å². The maximum atomic E-state index is 15.5. The first kappa shape index (κ1) is 32.6. The molecule has 1 saturated carbocycles. The number of ether oxygens (including phenoxy) is 2. The summed E-state index contributed by atoms with van der Waals surface area (Å²) in [4.78, 5) is 35.4. The lowest BCUT2D eigenvalue weighted by Crippen LogP contribution is -2.33. The topological polar surface area (TPSA) is 107 Å². The second-order valence-corrected chi connectivity index (χ2v) is 19.4. The van der Waals surface area contributed by atoms with Crippen molar-refractivity contribution in [1.82, 2.24) is 14.5 Å². The number of pyridine rings is 2. The van der Waals surface area contributed by atoms with Crippen molar-refractivity contribution in [2.24, 2.45) is 0 Å². The number of aromatic hydroxyl groups is 1. The number of fused-ring (bicyclic) bond motifs is 2. The molecule has 1 fully saturated rings. The van der Waals surface area contributed by atoms with Crippen LogP contribution in [0.1, 0.15) is 45.0 Å². The monoisotopic (exact) mass is 682 g/mol. The molecule has 0 radical (unpaired) electrons. The van der Waals surface area contributed by atoms with E-state index in [1.807, 2.05) is 10.6 Å². The Hall–Kier alpha value is -4.94. The molecule has 4 heterocycles. The van der Waals surface area contributed by atoms with E-state index < -0.39 is 25.6 Å². The summed E-state index contributed by atoms with van der Waals surface area (Å²) in [5, 5.41) is 12.3. The van der Waals surface area contributed by atoms with Gasteiger partial charge < -0.3 is 19.5 Å². The van der Waals surface area contributed by atoms with Crippen LogP contribution in [0.15, 0.2) is 60.9 Å². The number of hydrogen-bond donors (Lipinski definition) is 1. The van der Waals surface area contributed by atoms with Gasteiger partial charge in [0.1, 0.15) is 47.7 Å². The second-order valence-electron chi connectivity index (χ2n) is 13.8. The van der Waals surface area contributed by atoms with E-state index >= 15 is 8.78 Å². The Bertz CT molecular complexity index is 2090. The highest BCUT2D eigenvalue weighted by molar-refractivity contribution is 6.76. The molecule has 2 aliphatic rings. The second kappa shape index (κ2) is 12.8. The number of rotatable bonds is 10. The normalized spacial score (nSPS) is 14.9. The Labute approximate surface area is 283 Å². The van der Waals surface area contributed by atoms with Crippen molar-refractivity contribution in [1.29, 1.82) is 0 Å². The zero-order valence-corrected chi connectivity index (χ0v) is 28.5. The van der Waals surface area contributed by atoms with E-state index in [9.17, 15) is 14.7 Å². The van der Waals surface area contributed by atoms with Gasteiger partial charge in [0.15, 0.2) is 6.29 Å². The average Bonchev–Trinajstić information content (AvgIpc) is 3.88. The fraction of sp³-hybridized carbons (Fsp3) is 0.297. The predicted octanol–water partition coefficient (Wildman–Crippen LogP) is 7.79. The van der Waals surface area contributed by atoms with Crippen molar-refractivity contribution in [3.8, 4) is 34.0 Å². The van der Waals surface area contributed by atoms with Crippen LogP contribution in [0.2, 0.25) is 25.7 Å². The van der Waals surface area contributed by atoms with Gasteiger partial charge in [0, 0.05) is 49.7 Å². The lowest BCUT2D eigenvalue weighted by Gasteiger charge is -2.23. The zero-order chi connectivity index (χ0) is 34.4. The highest BCUT2D eigenvalue weighted by Gasteiger charge is 2.33. The van der Waals surface area contributed by atoms with Crippen molar-refractivity contribution in [3.05, 3.63) is 89.2 Å². The van der Waals surface area contributed by atoms with Crippen LogP contribution in [-0.2, 0) is 11.5 Å². The number of phenolic OH excluding ortho intramolecular Hbond substituents is 1. The van der Waals surface area contributed by atoms with Gasteiger partial charge in [-0.1, -0.05) is 19.6 Å². The third-order valence-corrected chi connectivity index (χ3v) is 10.7. The van der Waals surface area contributed by atoms with Crippen LogP contribution in [0.5, 0.6) is 11.5 Å². The summed E-state index contributed by atoms with van der Waals surface area (Å²) in [6, 6.07) is 13.2. The molecule has 1 amide bonds. The fourth-order valence-corrected chi connectivity index (χ4v) is 6.93. The van der Waals surface area contributed by atoms with E-state index in [0.717, 1.165) is 41.7 Å². The molecular weight excluding hydrogens is 647 g/mol. The maximum absolute atomic E-state index is 15.5. The minimum Gasteiger partial charge on any atom is -0.505 e. The molecule has 2 aromatic carbocycles. The Morgan fingerprint density at radius 1 is 1.06 bits per heavy atom. The average molecular weight is 683 g/mol. The highest BCUT2D eigenvalue weighted by Crippen LogP contribution is 2.45. The number of hydrogen-bond acceptors (Lipinski definition) is 7. The molecule has 0 bridgehead atoms. The molecule has 5 aromatic rings. The first-order valence-electron chi connectivity index (χ1n) is 16.3.